The fourth-order valence-corrected chi connectivity index (χ4v) is 14.5. The molecule has 4 aliphatic carbocycles. The van der Waals surface area contributed by atoms with Crippen LogP contribution < -0.4 is 4.74 Å². The minimum Gasteiger partial charge on any atom is -0.427 e. The number of halogens is 2. The van der Waals surface area contributed by atoms with Crippen molar-refractivity contribution in [3.05, 3.63) is 201 Å². The Morgan fingerprint density at radius 1 is 0.657 bits per heavy atom. The van der Waals surface area contributed by atoms with Crippen LogP contribution in [0, 0.1) is 13.8 Å². The van der Waals surface area contributed by atoms with Crippen molar-refractivity contribution in [1.29, 1.82) is 0 Å². The van der Waals surface area contributed by atoms with Crippen molar-refractivity contribution in [3.8, 4) is 17.0 Å². The largest absolute Gasteiger partial charge is 0.678 e. The van der Waals surface area contributed by atoms with Gasteiger partial charge in [-0.3, -0.25) is 13.4 Å². The number of nitrogens with zero attached hydrogens (tertiary/aromatic N) is 2. The summed E-state index contributed by atoms with van der Waals surface area (Å²) in [7, 11) is -2.79. The van der Waals surface area contributed by atoms with Crippen molar-refractivity contribution >= 4 is 67.7 Å². The van der Waals surface area contributed by atoms with Crippen LogP contribution in [0.15, 0.2) is 156 Å². The summed E-state index contributed by atoms with van der Waals surface area (Å²) in [6.45, 7) is 4.02. The molecule has 9 aromatic rings. The van der Waals surface area contributed by atoms with Crippen molar-refractivity contribution < 1.29 is 18.2 Å². The Morgan fingerprint density at radius 2 is 1.26 bits per heavy atom. The fraction of sp³-hybridized carbons (Fsp3) is 0.238. The van der Waals surface area contributed by atoms with Crippen LogP contribution in [-0.2, 0) is 22.0 Å². The van der Waals surface area contributed by atoms with E-state index in [1.807, 2.05) is 38.1 Å². The van der Waals surface area contributed by atoms with E-state index in [1.54, 1.807) is 0 Å². The molecule has 0 saturated heterocycles. The first-order chi connectivity index (χ1) is 34.2. The van der Waals surface area contributed by atoms with Gasteiger partial charge in [0.1, 0.15) is 5.75 Å². The Hall–Kier alpha value is -7.12. The number of hydrogen-bond acceptors (Lipinski definition) is 3. The zero-order valence-corrected chi connectivity index (χ0v) is 39.6. The van der Waals surface area contributed by atoms with Gasteiger partial charge in [-0.15, -0.1) is 0 Å². The summed E-state index contributed by atoms with van der Waals surface area (Å²) in [5.41, 5.74) is 13.6. The number of ether oxygens (including phenoxy) is 1. The normalized spacial score (nSPS) is 17.8. The van der Waals surface area contributed by atoms with E-state index in [-0.39, 0.29) is 23.2 Å². The summed E-state index contributed by atoms with van der Waals surface area (Å²) in [5.74, 6) is 0.164. The molecule has 0 N–H and O–H groups in total. The first kappa shape index (κ1) is 41.8. The van der Waals surface area contributed by atoms with Crippen molar-refractivity contribution in [1.82, 2.24) is 4.48 Å². The second kappa shape index (κ2) is 15.4. The monoisotopic (exact) mass is 916 g/mol. The standard InChI is InChI=1S/C63H51BF2N2O2/c1-37-33-41(70-55(69)26-13-15-39-27-28-46-44-22-12-17-40-16-11-21-43(57(40)44)45-23-14-20-42(39)58(45)46)34-38(2)56(37)59(53-35-51-60(67-53)47-18-3-5-24-49(47)62(51)29-7-8-30-62)54-36-52-61(68(54)64(65)66)48-19-4-6-25-50(48)63(52)31-9-10-32-63/h3-6,11-12,14,16-25,27-28,33-36H,7-10,13,15,26,29-32H2,1-2H3/b59-53+. The number of aromatic nitrogens is 1. The van der Waals surface area contributed by atoms with Gasteiger partial charge in [0.15, 0.2) is 0 Å². The molecule has 0 unspecified atom stereocenters. The average molecular weight is 917 g/mol. The number of fused-ring (bicyclic) bond motifs is 12. The molecule has 7 heteroatoms. The molecule has 342 valence electrons. The highest BCUT2D eigenvalue weighted by molar-refractivity contribution is 6.42. The molecule has 0 bridgehead atoms. The van der Waals surface area contributed by atoms with Crippen LogP contribution in [0.1, 0.15) is 114 Å². The quantitative estimate of drug-likeness (QED) is 0.0501. The van der Waals surface area contributed by atoms with E-state index >= 15 is 8.63 Å². The number of esters is 1. The fourth-order valence-electron chi connectivity index (χ4n) is 14.5. The summed E-state index contributed by atoms with van der Waals surface area (Å²) in [6, 6.07) is 47.0. The first-order valence-corrected chi connectivity index (χ1v) is 25.4. The van der Waals surface area contributed by atoms with Gasteiger partial charge in [0, 0.05) is 45.3 Å². The van der Waals surface area contributed by atoms with E-state index in [0.717, 1.165) is 96.9 Å². The lowest BCUT2D eigenvalue weighted by molar-refractivity contribution is -0.134. The SMILES string of the molecule is Cc1cc(OC(=O)CCCc2ccc3c4cccc5cccc(c6cccc2c63)c54)cc(C)c1/C(=C1\C=C2C(=N1)c1ccccc1C21CCCC1)c1cc2c(n1B(F)F)-c1ccccc1C21CCCC1. The molecule has 0 atom stereocenters. The number of aliphatic imine (C=N–C) groups is 1. The van der Waals surface area contributed by atoms with Gasteiger partial charge in [0.2, 0.25) is 0 Å². The van der Waals surface area contributed by atoms with E-state index < -0.39 is 7.40 Å². The van der Waals surface area contributed by atoms with Crippen LogP contribution in [0.25, 0.3) is 59.9 Å². The Balaban J connectivity index is 0.830. The zero-order valence-electron chi connectivity index (χ0n) is 39.6. The lowest BCUT2D eigenvalue weighted by Crippen LogP contribution is -2.21. The number of carbonyl (C=O) groups is 1. The highest BCUT2D eigenvalue weighted by Gasteiger charge is 2.51. The third-order valence-electron chi connectivity index (χ3n) is 17.3. The number of aryl methyl sites for hydroxylation is 3. The number of rotatable bonds is 8. The first-order valence-electron chi connectivity index (χ1n) is 25.4. The zero-order chi connectivity index (χ0) is 47.0. The lowest BCUT2D eigenvalue weighted by atomic mass is 9.76. The predicted octanol–water partition coefficient (Wildman–Crippen LogP) is 15.7. The van der Waals surface area contributed by atoms with Gasteiger partial charge in [0.05, 0.1) is 11.4 Å². The number of hydrogen-bond donors (Lipinski definition) is 0. The summed E-state index contributed by atoms with van der Waals surface area (Å²) in [6.07, 6.45) is 12.2. The molecule has 1 aliphatic heterocycles. The van der Waals surface area contributed by atoms with Crippen LogP contribution in [0.4, 0.5) is 8.63 Å². The molecule has 4 nitrogen and oxygen atoms in total. The molecule has 14 rings (SSSR count). The summed E-state index contributed by atoms with van der Waals surface area (Å²) in [5, 5.41) is 10.1. The Morgan fingerprint density at radius 3 is 1.96 bits per heavy atom. The highest BCUT2D eigenvalue weighted by atomic mass is 19.2. The van der Waals surface area contributed by atoms with E-state index in [9.17, 15) is 4.79 Å². The Bertz CT molecular complexity index is 3750. The Kier molecular flexibility index (Phi) is 9.23. The molecule has 70 heavy (non-hydrogen) atoms. The topological polar surface area (TPSA) is 43.6 Å². The second-order valence-electron chi connectivity index (χ2n) is 20.9. The smallest absolute Gasteiger partial charge is 0.427 e. The maximum absolute atomic E-state index is 16.2. The predicted molar refractivity (Wildman–Crippen MR) is 282 cm³/mol. The molecular weight excluding hydrogens is 866 g/mol. The van der Waals surface area contributed by atoms with Gasteiger partial charge >= 0.3 is 13.4 Å². The summed E-state index contributed by atoms with van der Waals surface area (Å²) in [4.78, 5) is 19.3. The highest BCUT2D eigenvalue weighted by Crippen LogP contribution is 2.60. The van der Waals surface area contributed by atoms with Crippen molar-refractivity contribution in [2.45, 2.75) is 95.3 Å². The maximum atomic E-state index is 16.2. The molecule has 1 aromatic heterocycles. The number of allylic oxidation sites excluding steroid dienone is 2. The van der Waals surface area contributed by atoms with Crippen molar-refractivity contribution in [3.63, 3.8) is 0 Å². The molecule has 8 aromatic carbocycles. The number of benzene rings is 8. The Labute approximate surface area is 406 Å². The minimum atomic E-state index is -2.79. The third-order valence-corrected chi connectivity index (χ3v) is 17.3. The van der Waals surface area contributed by atoms with Crippen molar-refractivity contribution in [2.24, 2.45) is 4.99 Å². The van der Waals surface area contributed by atoms with Gasteiger partial charge in [-0.1, -0.05) is 141 Å². The van der Waals surface area contributed by atoms with Crippen LogP contribution in [0.5, 0.6) is 5.75 Å². The molecule has 2 saturated carbocycles. The van der Waals surface area contributed by atoms with E-state index in [2.05, 4.69) is 115 Å². The molecule has 0 amide bonds. The molecule has 0 radical (unpaired) electrons. The minimum absolute atomic E-state index is 0.126. The lowest BCUT2D eigenvalue weighted by Gasteiger charge is -2.26. The molecule has 2 fully saturated rings. The van der Waals surface area contributed by atoms with E-state index in [1.165, 1.54) is 69.8 Å². The van der Waals surface area contributed by atoms with Crippen LogP contribution >= 0.6 is 0 Å². The molecule has 2 spiro atoms. The summed E-state index contributed by atoms with van der Waals surface area (Å²) < 4.78 is 39.9. The van der Waals surface area contributed by atoms with E-state index in [0.29, 0.717) is 34.8 Å². The van der Waals surface area contributed by atoms with Gasteiger partial charge in [-0.25, -0.2) is 4.99 Å². The second-order valence-corrected chi connectivity index (χ2v) is 20.9. The molecular formula is C63H51BF2N2O2. The van der Waals surface area contributed by atoms with Crippen LogP contribution in [0.3, 0.4) is 0 Å². The van der Waals surface area contributed by atoms with Gasteiger partial charge in [-0.05, 0) is 164 Å². The van der Waals surface area contributed by atoms with E-state index in [4.69, 9.17) is 9.73 Å². The average Bonchev–Trinajstić information content (AvgIpc) is 4.24. The molecule has 2 heterocycles. The molecule has 5 aliphatic rings. The van der Waals surface area contributed by atoms with Crippen LogP contribution in [0.2, 0.25) is 0 Å². The number of carbonyl (C=O) groups excluding carboxylic acids is 1. The van der Waals surface area contributed by atoms with Gasteiger partial charge in [0.25, 0.3) is 0 Å². The van der Waals surface area contributed by atoms with Gasteiger partial charge in [-0.2, -0.15) is 0 Å². The van der Waals surface area contributed by atoms with Gasteiger partial charge < -0.3 is 9.21 Å². The maximum Gasteiger partial charge on any atom is 0.678 e. The van der Waals surface area contributed by atoms with Crippen molar-refractivity contribution in [2.75, 3.05) is 0 Å². The van der Waals surface area contributed by atoms with Crippen LogP contribution in [-0.4, -0.2) is 23.6 Å². The third kappa shape index (κ3) is 5.81. The summed E-state index contributed by atoms with van der Waals surface area (Å²) >= 11 is 0.